The van der Waals surface area contributed by atoms with Crippen LogP contribution in [0.4, 0.5) is 5.69 Å². The van der Waals surface area contributed by atoms with E-state index in [1.165, 1.54) is 6.08 Å². The molecule has 0 spiro atoms. The van der Waals surface area contributed by atoms with Crippen molar-refractivity contribution >= 4 is 17.5 Å². The topological polar surface area (TPSA) is 72.5 Å². The summed E-state index contributed by atoms with van der Waals surface area (Å²) in [6.45, 7) is 12.4. The van der Waals surface area contributed by atoms with Crippen LogP contribution in [0, 0.1) is 0 Å². The Bertz CT molecular complexity index is 895. The molecule has 0 aromatic heterocycles. The third-order valence-electron chi connectivity index (χ3n) is 4.70. The number of carbonyl (C=O) groups excluding carboxylic acids is 1. The van der Waals surface area contributed by atoms with Crippen molar-refractivity contribution in [2.24, 2.45) is 0 Å². The number of nitrogens with two attached hydrogens (primary N) is 1. The fourth-order valence-electron chi connectivity index (χ4n) is 3.08. The van der Waals surface area contributed by atoms with Crippen molar-refractivity contribution < 1.29 is 14.6 Å². The van der Waals surface area contributed by atoms with E-state index in [9.17, 15) is 9.90 Å². The fraction of sp³-hybridized carbons (Fsp3) is 0.375. The summed E-state index contributed by atoms with van der Waals surface area (Å²) in [5.74, 6) is 0.554. The SMILES string of the molecule is COc1c(C(C)(C)C)cc(C(C)(C)C)c(O)c1/C=C/C(=O)c1ccc(N)cc1. The highest BCUT2D eigenvalue weighted by Gasteiger charge is 2.29. The van der Waals surface area contributed by atoms with Crippen LogP contribution in [0.3, 0.4) is 0 Å². The van der Waals surface area contributed by atoms with Crippen molar-refractivity contribution in [2.45, 2.75) is 52.4 Å². The number of carbonyl (C=O) groups is 1. The lowest BCUT2D eigenvalue weighted by Gasteiger charge is -2.29. The number of hydrogen-bond donors (Lipinski definition) is 2. The molecule has 0 aliphatic heterocycles. The lowest BCUT2D eigenvalue weighted by Crippen LogP contribution is -2.18. The van der Waals surface area contributed by atoms with Gasteiger partial charge in [0.15, 0.2) is 5.78 Å². The van der Waals surface area contributed by atoms with E-state index in [2.05, 4.69) is 20.8 Å². The van der Waals surface area contributed by atoms with E-state index in [4.69, 9.17) is 10.5 Å². The summed E-state index contributed by atoms with van der Waals surface area (Å²) in [5.41, 5.74) is 8.69. The first-order valence-corrected chi connectivity index (χ1v) is 9.39. The van der Waals surface area contributed by atoms with Gasteiger partial charge in [-0.2, -0.15) is 0 Å². The maximum atomic E-state index is 12.6. The molecule has 2 aromatic rings. The monoisotopic (exact) mass is 381 g/mol. The average molecular weight is 382 g/mol. The zero-order chi connectivity index (χ0) is 21.3. The summed E-state index contributed by atoms with van der Waals surface area (Å²) in [6, 6.07) is 8.76. The highest BCUT2D eigenvalue weighted by atomic mass is 16.5. The zero-order valence-corrected chi connectivity index (χ0v) is 17.9. The van der Waals surface area contributed by atoms with Gasteiger partial charge in [-0.25, -0.2) is 0 Å². The molecule has 0 aliphatic carbocycles. The van der Waals surface area contributed by atoms with Crippen LogP contribution < -0.4 is 10.5 Å². The van der Waals surface area contributed by atoms with Gasteiger partial charge in [0.2, 0.25) is 0 Å². The first-order chi connectivity index (χ1) is 12.9. The van der Waals surface area contributed by atoms with Gasteiger partial charge in [0.25, 0.3) is 0 Å². The molecule has 2 rings (SSSR count). The molecular weight excluding hydrogens is 350 g/mol. The summed E-state index contributed by atoms with van der Waals surface area (Å²) >= 11 is 0. The Kier molecular flexibility index (Phi) is 5.93. The molecule has 0 heterocycles. The second kappa shape index (κ2) is 7.70. The minimum absolute atomic E-state index is 0.138. The quantitative estimate of drug-likeness (QED) is 0.418. The van der Waals surface area contributed by atoms with E-state index in [1.54, 1.807) is 37.5 Å². The minimum atomic E-state index is -0.264. The van der Waals surface area contributed by atoms with Gasteiger partial charge in [-0.3, -0.25) is 4.79 Å². The normalized spacial score (nSPS) is 12.4. The van der Waals surface area contributed by atoms with E-state index in [-0.39, 0.29) is 22.4 Å². The summed E-state index contributed by atoms with van der Waals surface area (Å²) in [7, 11) is 1.58. The molecule has 28 heavy (non-hydrogen) atoms. The van der Waals surface area contributed by atoms with E-state index in [0.717, 1.165) is 11.1 Å². The largest absolute Gasteiger partial charge is 0.507 e. The number of allylic oxidation sites excluding steroid dienone is 1. The minimum Gasteiger partial charge on any atom is -0.507 e. The molecule has 0 radical (unpaired) electrons. The third kappa shape index (κ3) is 4.56. The molecule has 0 saturated heterocycles. The van der Waals surface area contributed by atoms with Crippen LogP contribution in [-0.4, -0.2) is 18.0 Å². The number of hydrogen-bond acceptors (Lipinski definition) is 4. The Hall–Kier alpha value is -2.75. The van der Waals surface area contributed by atoms with Gasteiger partial charge >= 0.3 is 0 Å². The highest BCUT2D eigenvalue weighted by molar-refractivity contribution is 6.07. The van der Waals surface area contributed by atoms with Gasteiger partial charge < -0.3 is 15.6 Å². The number of ketones is 1. The molecule has 3 N–H and O–H groups in total. The molecular formula is C24H31NO3. The average Bonchev–Trinajstić information content (AvgIpc) is 2.58. The molecule has 4 heteroatoms. The third-order valence-corrected chi connectivity index (χ3v) is 4.70. The lowest BCUT2D eigenvalue weighted by molar-refractivity contribution is 0.104. The smallest absolute Gasteiger partial charge is 0.185 e. The maximum absolute atomic E-state index is 12.6. The first kappa shape index (κ1) is 21.5. The fourth-order valence-corrected chi connectivity index (χ4v) is 3.08. The van der Waals surface area contributed by atoms with Gasteiger partial charge in [0.1, 0.15) is 11.5 Å². The number of aromatic hydroxyl groups is 1. The van der Waals surface area contributed by atoms with Crippen LogP contribution in [0.25, 0.3) is 6.08 Å². The second-order valence-electron chi connectivity index (χ2n) is 9.09. The van der Waals surface area contributed by atoms with Crippen molar-refractivity contribution in [1.82, 2.24) is 0 Å². The molecule has 0 aliphatic rings. The second-order valence-corrected chi connectivity index (χ2v) is 9.09. The predicted molar refractivity (Wildman–Crippen MR) is 116 cm³/mol. The van der Waals surface area contributed by atoms with Gasteiger partial charge in [-0.05, 0) is 53.3 Å². The number of phenols is 1. The van der Waals surface area contributed by atoms with Crippen LogP contribution >= 0.6 is 0 Å². The maximum Gasteiger partial charge on any atom is 0.185 e. The lowest BCUT2D eigenvalue weighted by atomic mass is 9.78. The number of ether oxygens (including phenoxy) is 1. The van der Waals surface area contributed by atoms with Crippen molar-refractivity contribution in [1.29, 1.82) is 0 Å². The summed E-state index contributed by atoms with van der Waals surface area (Å²) in [5, 5.41) is 11.0. The van der Waals surface area contributed by atoms with Crippen molar-refractivity contribution in [3.63, 3.8) is 0 Å². The Labute approximate surface area is 168 Å². The van der Waals surface area contributed by atoms with E-state index < -0.39 is 0 Å². The Morgan fingerprint density at radius 2 is 1.54 bits per heavy atom. The molecule has 150 valence electrons. The Morgan fingerprint density at radius 1 is 1.00 bits per heavy atom. The van der Waals surface area contributed by atoms with Gasteiger partial charge in [-0.1, -0.05) is 41.5 Å². The van der Waals surface area contributed by atoms with E-state index >= 15 is 0 Å². The van der Waals surface area contributed by atoms with E-state index in [1.807, 2.05) is 26.8 Å². The first-order valence-electron chi connectivity index (χ1n) is 9.39. The van der Waals surface area contributed by atoms with Crippen molar-refractivity contribution in [2.75, 3.05) is 12.8 Å². The molecule has 0 bridgehead atoms. The van der Waals surface area contributed by atoms with Crippen LogP contribution in [0.5, 0.6) is 11.5 Å². The predicted octanol–water partition coefficient (Wildman–Crippen LogP) is 5.47. The number of rotatable bonds is 4. The van der Waals surface area contributed by atoms with Crippen LogP contribution in [-0.2, 0) is 10.8 Å². The van der Waals surface area contributed by atoms with Crippen LogP contribution in [0.1, 0.15) is 68.6 Å². The molecule has 0 amide bonds. The van der Waals surface area contributed by atoms with Crippen LogP contribution in [0.2, 0.25) is 0 Å². The van der Waals surface area contributed by atoms with Gasteiger partial charge in [-0.15, -0.1) is 0 Å². The van der Waals surface area contributed by atoms with E-state index in [0.29, 0.717) is 22.6 Å². The zero-order valence-electron chi connectivity index (χ0n) is 17.9. The molecule has 4 nitrogen and oxygen atoms in total. The molecule has 2 aromatic carbocycles. The Balaban J connectivity index is 2.64. The highest BCUT2D eigenvalue weighted by Crippen LogP contribution is 2.45. The summed E-state index contributed by atoms with van der Waals surface area (Å²) in [6.07, 6.45) is 3.10. The number of benzene rings is 2. The van der Waals surface area contributed by atoms with Crippen LogP contribution in [0.15, 0.2) is 36.4 Å². The standard InChI is InChI=1S/C24H31NO3/c1-23(2,3)18-14-19(24(4,5)6)22(28-7)17(21(18)27)12-13-20(26)15-8-10-16(25)11-9-15/h8-14,27H,25H2,1-7H3/b13-12+. The van der Waals surface area contributed by atoms with Crippen molar-refractivity contribution in [3.8, 4) is 11.5 Å². The summed E-state index contributed by atoms with van der Waals surface area (Å²) < 4.78 is 5.67. The number of nitrogen functional groups attached to an aromatic ring is 1. The Morgan fingerprint density at radius 3 is 2.00 bits per heavy atom. The number of phenolic OH excluding ortho intramolecular Hbond substituents is 1. The number of anilines is 1. The molecule has 0 atom stereocenters. The van der Waals surface area contributed by atoms with Gasteiger partial charge in [0.05, 0.1) is 12.7 Å². The molecule has 0 fully saturated rings. The van der Waals surface area contributed by atoms with Gasteiger partial charge in [0, 0.05) is 22.4 Å². The summed E-state index contributed by atoms with van der Waals surface area (Å²) in [4.78, 5) is 12.6. The molecule has 0 saturated carbocycles. The van der Waals surface area contributed by atoms with Crippen molar-refractivity contribution in [3.05, 3.63) is 58.7 Å². The number of methoxy groups -OCH3 is 1. The molecule has 0 unspecified atom stereocenters.